The van der Waals surface area contributed by atoms with Crippen LogP contribution in [0.3, 0.4) is 0 Å². The van der Waals surface area contributed by atoms with E-state index >= 15 is 0 Å². The van der Waals surface area contributed by atoms with Gasteiger partial charge in [-0.3, -0.25) is 4.79 Å². The highest BCUT2D eigenvalue weighted by Gasteiger charge is 2.33. The second-order valence-corrected chi connectivity index (χ2v) is 6.11. The summed E-state index contributed by atoms with van der Waals surface area (Å²) in [5.41, 5.74) is 1.14. The first-order valence-electron chi connectivity index (χ1n) is 8.50. The Labute approximate surface area is 161 Å². The molecular weight excluding hydrogens is 365 g/mol. The molecule has 1 atom stereocenters. The molecule has 0 saturated carbocycles. The second-order valence-electron chi connectivity index (χ2n) is 6.11. The number of urea groups is 1. The molecule has 2 aromatic rings. The molecule has 3 rings (SSSR count). The van der Waals surface area contributed by atoms with E-state index in [0.717, 1.165) is 0 Å². The molecule has 0 saturated heterocycles. The fourth-order valence-electron chi connectivity index (χ4n) is 3.03. The molecule has 0 spiro atoms. The smallest absolute Gasteiger partial charge is 0.319 e. The van der Waals surface area contributed by atoms with Crippen molar-refractivity contribution in [2.45, 2.75) is 13.0 Å². The van der Waals surface area contributed by atoms with Crippen molar-refractivity contribution < 1.29 is 23.5 Å². The zero-order chi connectivity index (χ0) is 20.3. The lowest BCUT2D eigenvalue weighted by Crippen LogP contribution is -2.46. The van der Waals surface area contributed by atoms with Crippen LogP contribution in [0, 0.1) is 5.82 Å². The molecule has 1 aliphatic heterocycles. The first-order chi connectivity index (χ1) is 13.4. The summed E-state index contributed by atoms with van der Waals surface area (Å²) in [6.07, 6.45) is 0. The number of benzene rings is 2. The lowest BCUT2D eigenvalue weighted by molar-refractivity contribution is -0.113. The lowest BCUT2D eigenvalue weighted by atomic mass is 9.94. The minimum absolute atomic E-state index is 0.197. The normalized spacial score (nSPS) is 16.1. The van der Waals surface area contributed by atoms with Gasteiger partial charge in [0.15, 0.2) is 0 Å². The van der Waals surface area contributed by atoms with E-state index < -0.39 is 23.8 Å². The molecule has 1 aliphatic rings. The van der Waals surface area contributed by atoms with Crippen LogP contribution in [0.25, 0.3) is 0 Å². The first kappa shape index (κ1) is 19.2. The number of hydrogen-bond donors (Lipinski definition) is 3. The number of ether oxygens (including phenoxy) is 2. The van der Waals surface area contributed by atoms with Crippen LogP contribution in [0.1, 0.15) is 18.5 Å². The molecule has 0 radical (unpaired) electrons. The van der Waals surface area contributed by atoms with E-state index in [1.54, 1.807) is 37.3 Å². The van der Waals surface area contributed by atoms with E-state index in [2.05, 4.69) is 16.0 Å². The summed E-state index contributed by atoms with van der Waals surface area (Å²) in [5.74, 6) is -0.0428. The number of nitrogens with one attached hydrogen (secondary N) is 3. The Morgan fingerprint density at radius 3 is 2.57 bits per heavy atom. The highest BCUT2D eigenvalue weighted by atomic mass is 19.1. The third kappa shape index (κ3) is 3.75. The van der Waals surface area contributed by atoms with Gasteiger partial charge in [0, 0.05) is 17.3 Å². The van der Waals surface area contributed by atoms with Crippen LogP contribution in [-0.4, -0.2) is 26.2 Å². The van der Waals surface area contributed by atoms with Crippen LogP contribution < -0.4 is 25.4 Å². The van der Waals surface area contributed by atoms with Crippen LogP contribution in [0.2, 0.25) is 0 Å². The molecule has 3 N–H and O–H groups in total. The number of allylic oxidation sites excluding steroid dienone is 1. The molecular formula is C20H20FN3O4. The van der Waals surface area contributed by atoms with Gasteiger partial charge in [-0.15, -0.1) is 0 Å². The Kier molecular flexibility index (Phi) is 5.49. The number of anilines is 1. The molecule has 28 heavy (non-hydrogen) atoms. The van der Waals surface area contributed by atoms with Crippen LogP contribution in [0.4, 0.5) is 14.9 Å². The molecule has 0 unspecified atom stereocenters. The molecule has 0 bridgehead atoms. The molecule has 0 aromatic heterocycles. The van der Waals surface area contributed by atoms with Crippen molar-refractivity contribution in [3.05, 3.63) is 65.1 Å². The number of halogens is 1. The standard InChI is InChI=1S/C20H20FN3O4/c1-11-17(18(24-20(26)22-11)13-6-4-5-7-14(13)21)19(25)23-15-9-8-12(27-2)10-16(15)28-3/h4-10,18H,1-3H3,(H,23,25)(H2,22,24,26)/t18-/m0/s1. The highest BCUT2D eigenvalue weighted by molar-refractivity contribution is 6.07. The molecule has 146 valence electrons. The Morgan fingerprint density at radius 1 is 1.14 bits per heavy atom. The Balaban J connectivity index is 1.97. The third-order valence-corrected chi connectivity index (χ3v) is 4.39. The van der Waals surface area contributed by atoms with Crippen molar-refractivity contribution in [1.82, 2.24) is 10.6 Å². The SMILES string of the molecule is COc1ccc(NC(=O)C2=C(C)NC(=O)N[C@H]2c2ccccc2F)c(OC)c1. The summed E-state index contributed by atoms with van der Waals surface area (Å²) in [6.45, 7) is 1.59. The Bertz CT molecular complexity index is 958. The number of carbonyl (C=O) groups excluding carboxylic acids is 2. The fourth-order valence-corrected chi connectivity index (χ4v) is 3.03. The molecule has 1 heterocycles. The number of carbonyl (C=O) groups is 2. The summed E-state index contributed by atoms with van der Waals surface area (Å²) in [4.78, 5) is 25.0. The van der Waals surface area contributed by atoms with Crippen LogP contribution in [0.5, 0.6) is 11.5 Å². The molecule has 0 fully saturated rings. The van der Waals surface area contributed by atoms with E-state index in [1.807, 2.05) is 0 Å². The number of rotatable bonds is 5. The van der Waals surface area contributed by atoms with Crippen molar-refractivity contribution >= 4 is 17.6 Å². The summed E-state index contributed by atoms with van der Waals surface area (Å²) in [7, 11) is 3.00. The minimum Gasteiger partial charge on any atom is -0.497 e. The van der Waals surface area contributed by atoms with Crippen molar-refractivity contribution in [1.29, 1.82) is 0 Å². The molecule has 7 nitrogen and oxygen atoms in total. The van der Waals surface area contributed by atoms with Crippen LogP contribution in [-0.2, 0) is 4.79 Å². The summed E-state index contributed by atoms with van der Waals surface area (Å²) in [5, 5.41) is 7.92. The molecule has 8 heteroatoms. The minimum atomic E-state index is -0.931. The van der Waals surface area contributed by atoms with E-state index in [9.17, 15) is 14.0 Å². The second kappa shape index (κ2) is 7.99. The average Bonchev–Trinajstić information content (AvgIpc) is 2.67. The van der Waals surface area contributed by atoms with Crippen LogP contribution in [0.15, 0.2) is 53.7 Å². The lowest BCUT2D eigenvalue weighted by Gasteiger charge is -2.29. The average molecular weight is 385 g/mol. The van der Waals surface area contributed by atoms with E-state index in [1.165, 1.54) is 26.4 Å². The largest absolute Gasteiger partial charge is 0.497 e. The maximum atomic E-state index is 14.3. The maximum Gasteiger partial charge on any atom is 0.319 e. The maximum absolute atomic E-state index is 14.3. The zero-order valence-corrected chi connectivity index (χ0v) is 15.6. The van der Waals surface area contributed by atoms with E-state index in [4.69, 9.17) is 9.47 Å². The first-order valence-corrected chi connectivity index (χ1v) is 8.50. The van der Waals surface area contributed by atoms with Gasteiger partial charge in [-0.25, -0.2) is 9.18 Å². The number of methoxy groups -OCH3 is 2. The van der Waals surface area contributed by atoms with E-state index in [-0.39, 0.29) is 11.1 Å². The molecule has 0 aliphatic carbocycles. The van der Waals surface area contributed by atoms with Gasteiger partial charge in [-0.1, -0.05) is 18.2 Å². The molecule has 2 aromatic carbocycles. The molecule has 3 amide bonds. The predicted octanol–water partition coefficient (Wildman–Crippen LogP) is 3.11. The van der Waals surface area contributed by atoms with Gasteiger partial charge in [0.2, 0.25) is 0 Å². The zero-order valence-electron chi connectivity index (χ0n) is 15.6. The fraction of sp³-hybridized carbons (Fsp3) is 0.200. The monoisotopic (exact) mass is 385 g/mol. The van der Waals surface area contributed by atoms with Gasteiger partial charge >= 0.3 is 6.03 Å². The van der Waals surface area contributed by atoms with Gasteiger partial charge in [0.25, 0.3) is 5.91 Å². The van der Waals surface area contributed by atoms with Crippen molar-refractivity contribution in [2.75, 3.05) is 19.5 Å². The van der Waals surface area contributed by atoms with Gasteiger partial charge in [-0.2, -0.15) is 0 Å². The van der Waals surface area contributed by atoms with Crippen molar-refractivity contribution in [2.24, 2.45) is 0 Å². The van der Waals surface area contributed by atoms with Crippen molar-refractivity contribution in [3.63, 3.8) is 0 Å². The Morgan fingerprint density at radius 2 is 1.89 bits per heavy atom. The quantitative estimate of drug-likeness (QED) is 0.738. The third-order valence-electron chi connectivity index (χ3n) is 4.39. The van der Waals surface area contributed by atoms with Gasteiger partial charge in [0.1, 0.15) is 17.3 Å². The Hall–Kier alpha value is -3.55. The topological polar surface area (TPSA) is 88.7 Å². The van der Waals surface area contributed by atoms with Gasteiger partial charge in [-0.05, 0) is 25.1 Å². The summed E-state index contributed by atoms with van der Waals surface area (Å²) >= 11 is 0. The number of hydrogen-bond acceptors (Lipinski definition) is 4. The van der Waals surface area contributed by atoms with Gasteiger partial charge in [0.05, 0.1) is 31.5 Å². The summed E-state index contributed by atoms with van der Waals surface area (Å²) < 4.78 is 24.8. The van der Waals surface area contributed by atoms with Gasteiger partial charge < -0.3 is 25.4 Å². The predicted molar refractivity (Wildman–Crippen MR) is 102 cm³/mol. The number of amides is 3. The summed E-state index contributed by atoms with van der Waals surface area (Å²) in [6, 6.07) is 9.49. The van der Waals surface area contributed by atoms with Crippen molar-refractivity contribution in [3.8, 4) is 11.5 Å². The van der Waals surface area contributed by atoms with Crippen LogP contribution >= 0.6 is 0 Å². The highest BCUT2D eigenvalue weighted by Crippen LogP contribution is 2.32. The van der Waals surface area contributed by atoms with E-state index in [0.29, 0.717) is 22.9 Å².